The highest BCUT2D eigenvalue weighted by Gasteiger charge is 2.25. The molecule has 3 aromatic rings. The van der Waals surface area contributed by atoms with Gasteiger partial charge >= 0.3 is 0 Å². The van der Waals surface area contributed by atoms with E-state index >= 15 is 0 Å². The summed E-state index contributed by atoms with van der Waals surface area (Å²) in [6, 6.07) is 14.5. The molecule has 178 valence electrons. The van der Waals surface area contributed by atoms with Crippen LogP contribution >= 0.6 is 11.8 Å². The van der Waals surface area contributed by atoms with Gasteiger partial charge in [0.2, 0.25) is 5.91 Å². The first kappa shape index (κ1) is 23.7. The third kappa shape index (κ3) is 5.72. The minimum absolute atomic E-state index is 0.0185. The van der Waals surface area contributed by atoms with Crippen LogP contribution in [0.5, 0.6) is 11.5 Å². The molecule has 4 rings (SSSR count). The Morgan fingerprint density at radius 1 is 1.06 bits per heavy atom. The second kappa shape index (κ2) is 10.6. The molecule has 1 aromatic heterocycles. The lowest BCUT2D eigenvalue weighted by Crippen LogP contribution is -2.28. The summed E-state index contributed by atoms with van der Waals surface area (Å²) in [6.45, 7) is 4.32. The standard InChI is InChI=1S/C25H28N4O4S/c1-16(2)33-20-10-6-18(7-11-20)25(31)27-24-21-14-34-15-22(21)28-29(24)13-23(30)26-12-17-4-8-19(32-3)9-5-17/h4-11,16H,12-15H2,1-3H3,(H,26,30)(H,27,31). The van der Waals surface area contributed by atoms with Gasteiger partial charge in [-0.05, 0) is 55.8 Å². The van der Waals surface area contributed by atoms with Crippen LogP contribution in [0.25, 0.3) is 0 Å². The lowest BCUT2D eigenvalue weighted by Gasteiger charge is -2.12. The Kier molecular flexibility index (Phi) is 7.42. The second-order valence-electron chi connectivity index (χ2n) is 8.19. The van der Waals surface area contributed by atoms with Crippen molar-refractivity contribution in [3.05, 3.63) is 70.9 Å². The van der Waals surface area contributed by atoms with Crippen LogP contribution in [0.4, 0.5) is 5.82 Å². The van der Waals surface area contributed by atoms with Crippen molar-refractivity contribution >= 4 is 29.4 Å². The maximum absolute atomic E-state index is 12.9. The van der Waals surface area contributed by atoms with Crippen molar-refractivity contribution in [2.45, 2.75) is 44.5 Å². The lowest BCUT2D eigenvalue weighted by atomic mass is 10.2. The van der Waals surface area contributed by atoms with Gasteiger partial charge in [0.15, 0.2) is 0 Å². The molecule has 2 aromatic carbocycles. The number of nitrogens with one attached hydrogen (secondary N) is 2. The number of ether oxygens (including phenoxy) is 2. The first-order valence-corrected chi connectivity index (χ1v) is 12.2. The number of carbonyl (C=O) groups excluding carboxylic acids is 2. The molecule has 34 heavy (non-hydrogen) atoms. The van der Waals surface area contributed by atoms with Crippen molar-refractivity contribution < 1.29 is 19.1 Å². The molecule has 8 nitrogen and oxygen atoms in total. The molecule has 0 bridgehead atoms. The number of thioether (sulfide) groups is 1. The zero-order valence-electron chi connectivity index (χ0n) is 19.5. The molecule has 0 saturated heterocycles. The number of hydrogen-bond donors (Lipinski definition) is 2. The topological polar surface area (TPSA) is 94.5 Å². The van der Waals surface area contributed by atoms with Crippen LogP contribution in [-0.4, -0.2) is 34.8 Å². The normalized spacial score (nSPS) is 12.4. The number of anilines is 1. The van der Waals surface area contributed by atoms with E-state index in [1.165, 1.54) is 0 Å². The predicted octanol–water partition coefficient (Wildman–Crippen LogP) is 3.99. The van der Waals surface area contributed by atoms with Crippen LogP contribution in [0.1, 0.15) is 41.0 Å². The van der Waals surface area contributed by atoms with Crippen LogP contribution in [-0.2, 0) is 29.4 Å². The highest BCUT2D eigenvalue weighted by atomic mass is 32.2. The molecule has 0 aliphatic carbocycles. The molecule has 0 radical (unpaired) electrons. The third-order valence-electron chi connectivity index (χ3n) is 5.28. The fourth-order valence-corrected chi connectivity index (χ4v) is 4.63. The number of rotatable bonds is 9. The van der Waals surface area contributed by atoms with Gasteiger partial charge in [0.25, 0.3) is 5.91 Å². The van der Waals surface area contributed by atoms with Gasteiger partial charge in [-0.15, -0.1) is 0 Å². The number of benzene rings is 2. The Morgan fingerprint density at radius 3 is 2.44 bits per heavy atom. The van der Waals surface area contributed by atoms with Crippen molar-refractivity contribution in [1.82, 2.24) is 15.1 Å². The smallest absolute Gasteiger partial charge is 0.256 e. The van der Waals surface area contributed by atoms with Gasteiger partial charge in [-0.3, -0.25) is 9.59 Å². The molecule has 0 saturated carbocycles. The molecule has 0 unspecified atom stereocenters. The molecule has 0 fully saturated rings. The van der Waals surface area contributed by atoms with Crippen molar-refractivity contribution in [3.8, 4) is 11.5 Å². The van der Waals surface area contributed by atoms with E-state index in [4.69, 9.17) is 9.47 Å². The maximum Gasteiger partial charge on any atom is 0.256 e. The van der Waals surface area contributed by atoms with Crippen LogP contribution in [0, 0.1) is 0 Å². The number of amides is 2. The molecule has 0 spiro atoms. The monoisotopic (exact) mass is 480 g/mol. The Hall–Kier alpha value is -3.46. The van der Waals surface area contributed by atoms with Gasteiger partial charge in [0.05, 0.1) is 18.9 Å². The van der Waals surface area contributed by atoms with Gasteiger partial charge in [-0.25, -0.2) is 4.68 Å². The van der Waals surface area contributed by atoms with E-state index in [1.807, 2.05) is 38.1 Å². The van der Waals surface area contributed by atoms with Crippen LogP contribution in [0.2, 0.25) is 0 Å². The van der Waals surface area contributed by atoms with Gasteiger partial charge in [0.1, 0.15) is 23.9 Å². The Labute approximate surface area is 203 Å². The first-order valence-electron chi connectivity index (χ1n) is 11.1. The van der Waals surface area contributed by atoms with E-state index in [-0.39, 0.29) is 24.5 Å². The summed E-state index contributed by atoms with van der Waals surface area (Å²) >= 11 is 1.74. The molecule has 2 N–H and O–H groups in total. The minimum atomic E-state index is -0.254. The van der Waals surface area contributed by atoms with Gasteiger partial charge < -0.3 is 20.1 Å². The number of carbonyl (C=O) groups is 2. The average Bonchev–Trinajstić information content (AvgIpc) is 3.40. The number of hydrogen-bond acceptors (Lipinski definition) is 6. The molecule has 2 heterocycles. The zero-order valence-corrected chi connectivity index (χ0v) is 20.3. The predicted molar refractivity (Wildman–Crippen MR) is 132 cm³/mol. The van der Waals surface area contributed by atoms with E-state index in [0.29, 0.717) is 23.7 Å². The molecular weight excluding hydrogens is 452 g/mol. The molecule has 1 aliphatic heterocycles. The van der Waals surface area contributed by atoms with Crippen molar-refractivity contribution in [1.29, 1.82) is 0 Å². The molecule has 2 amide bonds. The van der Waals surface area contributed by atoms with Crippen LogP contribution in [0.15, 0.2) is 48.5 Å². The Balaban J connectivity index is 1.42. The van der Waals surface area contributed by atoms with Crippen molar-refractivity contribution in [3.63, 3.8) is 0 Å². The summed E-state index contributed by atoms with van der Waals surface area (Å²) in [5, 5.41) is 10.5. The largest absolute Gasteiger partial charge is 0.497 e. The van der Waals surface area contributed by atoms with Crippen molar-refractivity contribution in [2.75, 3.05) is 12.4 Å². The van der Waals surface area contributed by atoms with E-state index in [1.54, 1.807) is 47.8 Å². The van der Waals surface area contributed by atoms with Gasteiger partial charge in [0, 0.05) is 29.2 Å². The van der Waals surface area contributed by atoms with E-state index in [2.05, 4.69) is 15.7 Å². The second-order valence-corrected chi connectivity index (χ2v) is 9.18. The molecule has 1 aliphatic rings. The zero-order chi connectivity index (χ0) is 24.1. The molecule has 9 heteroatoms. The summed E-state index contributed by atoms with van der Waals surface area (Å²) in [5.41, 5.74) is 3.35. The fourth-order valence-electron chi connectivity index (χ4n) is 3.59. The first-order chi connectivity index (χ1) is 16.4. The summed E-state index contributed by atoms with van der Waals surface area (Å²) in [4.78, 5) is 25.6. The number of fused-ring (bicyclic) bond motifs is 1. The fraction of sp³-hybridized carbons (Fsp3) is 0.320. The highest BCUT2D eigenvalue weighted by molar-refractivity contribution is 7.98. The summed E-state index contributed by atoms with van der Waals surface area (Å²) in [7, 11) is 1.61. The van der Waals surface area contributed by atoms with Gasteiger partial charge in [-0.1, -0.05) is 12.1 Å². The summed E-state index contributed by atoms with van der Waals surface area (Å²) < 4.78 is 12.4. The summed E-state index contributed by atoms with van der Waals surface area (Å²) in [6.07, 6.45) is 0.0602. The number of aromatic nitrogens is 2. The molecular formula is C25H28N4O4S. The highest BCUT2D eigenvalue weighted by Crippen LogP contribution is 2.35. The number of nitrogens with zero attached hydrogens (tertiary/aromatic N) is 2. The average molecular weight is 481 g/mol. The van der Waals surface area contributed by atoms with Crippen LogP contribution in [0.3, 0.4) is 0 Å². The lowest BCUT2D eigenvalue weighted by molar-refractivity contribution is -0.122. The quantitative estimate of drug-likeness (QED) is 0.481. The SMILES string of the molecule is COc1ccc(CNC(=O)Cn2nc3c(c2NC(=O)c2ccc(OC(C)C)cc2)CSC3)cc1. The third-order valence-corrected chi connectivity index (χ3v) is 6.25. The Bertz CT molecular complexity index is 1160. The van der Waals surface area contributed by atoms with E-state index < -0.39 is 0 Å². The summed E-state index contributed by atoms with van der Waals surface area (Å²) in [5.74, 6) is 3.13. The maximum atomic E-state index is 12.9. The minimum Gasteiger partial charge on any atom is -0.497 e. The van der Waals surface area contributed by atoms with E-state index in [0.717, 1.165) is 34.1 Å². The van der Waals surface area contributed by atoms with Crippen LogP contribution < -0.4 is 20.1 Å². The van der Waals surface area contributed by atoms with Crippen molar-refractivity contribution in [2.24, 2.45) is 0 Å². The Morgan fingerprint density at radius 2 is 1.76 bits per heavy atom. The van der Waals surface area contributed by atoms with Gasteiger partial charge in [-0.2, -0.15) is 16.9 Å². The van der Waals surface area contributed by atoms with E-state index in [9.17, 15) is 9.59 Å². The molecule has 0 atom stereocenters. The number of methoxy groups -OCH3 is 1.